The van der Waals surface area contributed by atoms with Gasteiger partial charge in [-0.25, -0.2) is 13.1 Å². The van der Waals surface area contributed by atoms with Crippen LogP contribution in [0, 0.1) is 0 Å². The fourth-order valence-corrected chi connectivity index (χ4v) is 3.31. The molecule has 0 spiro atoms. The highest BCUT2D eigenvalue weighted by molar-refractivity contribution is 7.89. The van der Waals surface area contributed by atoms with Crippen LogP contribution in [0.1, 0.15) is 13.3 Å². The highest BCUT2D eigenvalue weighted by Crippen LogP contribution is 2.27. The summed E-state index contributed by atoms with van der Waals surface area (Å²) < 4.78 is 32.1. The molecule has 0 aliphatic rings. The van der Waals surface area contributed by atoms with E-state index >= 15 is 0 Å². The number of benzene rings is 1. The van der Waals surface area contributed by atoms with E-state index in [0.717, 1.165) is 0 Å². The second-order valence-corrected chi connectivity index (χ2v) is 6.12. The molecule has 0 amide bonds. The van der Waals surface area contributed by atoms with Crippen molar-refractivity contribution in [2.45, 2.75) is 23.8 Å². The van der Waals surface area contributed by atoms with Crippen LogP contribution in [-0.4, -0.2) is 44.5 Å². The van der Waals surface area contributed by atoms with Crippen molar-refractivity contribution in [3.63, 3.8) is 0 Å². The van der Waals surface area contributed by atoms with Crippen LogP contribution >= 0.6 is 0 Å². The third-order valence-corrected chi connectivity index (χ3v) is 4.71. The molecular weight excluding hydrogens is 284 g/mol. The zero-order valence-corrected chi connectivity index (χ0v) is 12.3. The summed E-state index contributed by atoms with van der Waals surface area (Å²) in [7, 11) is -2.65. The van der Waals surface area contributed by atoms with E-state index in [2.05, 4.69) is 4.72 Å². The second-order valence-electron chi connectivity index (χ2n) is 4.47. The van der Waals surface area contributed by atoms with Crippen molar-refractivity contribution in [3.8, 4) is 5.75 Å². The van der Waals surface area contributed by atoms with Gasteiger partial charge in [0.15, 0.2) is 0 Å². The normalized spacial score (nSPS) is 12.4. The zero-order valence-electron chi connectivity index (χ0n) is 11.5. The monoisotopic (exact) mass is 304 g/mol. The van der Waals surface area contributed by atoms with Gasteiger partial charge in [0, 0.05) is 5.69 Å². The highest BCUT2D eigenvalue weighted by Gasteiger charge is 2.34. The first-order chi connectivity index (χ1) is 9.34. The number of nitrogen functional groups attached to an aromatic ring is 1. The van der Waals surface area contributed by atoms with Crippen molar-refractivity contribution >= 4 is 15.7 Å². The van der Waals surface area contributed by atoms with E-state index < -0.39 is 28.8 Å². The van der Waals surface area contributed by atoms with E-state index in [9.17, 15) is 18.6 Å². The molecule has 7 nitrogen and oxygen atoms in total. The molecule has 0 saturated carbocycles. The number of hydrogen-bond acceptors (Lipinski definition) is 6. The van der Waals surface area contributed by atoms with Crippen LogP contribution in [0.15, 0.2) is 23.1 Å². The minimum absolute atomic E-state index is 0.132. The van der Waals surface area contributed by atoms with Gasteiger partial charge >= 0.3 is 0 Å². The second kappa shape index (κ2) is 6.40. The first-order valence-corrected chi connectivity index (χ1v) is 7.51. The zero-order chi connectivity index (χ0) is 15.4. The summed E-state index contributed by atoms with van der Waals surface area (Å²) in [6.07, 6.45) is 0.226. The molecule has 0 fully saturated rings. The third kappa shape index (κ3) is 3.40. The summed E-state index contributed by atoms with van der Waals surface area (Å²) in [6, 6.07) is 4.22. The molecule has 0 atom stereocenters. The van der Waals surface area contributed by atoms with Gasteiger partial charge in [-0.15, -0.1) is 0 Å². The van der Waals surface area contributed by atoms with Crippen LogP contribution in [0.3, 0.4) is 0 Å². The average Bonchev–Trinajstić information content (AvgIpc) is 2.45. The summed E-state index contributed by atoms with van der Waals surface area (Å²) in [5.41, 5.74) is 4.53. The summed E-state index contributed by atoms with van der Waals surface area (Å²) >= 11 is 0. The Morgan fingerprint density at radius 2 is 1.95 bits per heavy atom. The van der Waals surface area contributed by atoms with E-state index in [1.54, 1.807) is 6.92 Å². The van der Waals surface area contributed by atoms with E-state index in [0.29, 0.717) is 0 Å². The molecule has 1 aromatic rings. The molecule has 0 bridgehead atoms. The van der Waals surface area contributed by atoms with Crippen LogP contribution < -0.4 is 15.2 Å². The lowest BCUT2D eigenvalue weighted by atomic mass is 10.0. The van der Waals surface area contributed by atoms with Crippen molar-refractivity contribution in [1.29, 1.82) is 0 Å². The maximum atomic E-state index is 12.4. The van der Waals surface area contributed by atoms with E-state index in [4.69, 9.17) is 10.5 Å². The minimum atomic E-state index is -3.99. The molecule has 0 saturated heterocycles. The van der Waals surface area contributed by atoms with Crippen molar-refractivity contribution < 1.29 is 23.4 Å². The maximum Gasteiger partial charge on any atom is 0.244 e. The summed E-state index contributed by atoms with van der Waals surface area (Å²) in [5, 5.41) is 18.6. The Bertz CT molecular complexity index is 547. The van der Waals surface area contributed by atoms with E-state index in [1.807, 2.05) is 0 Å². The number of nitrogens with one attached hydrogen (secondary N) is 1. The maximum absolute atomic E-state index is 12.4. The fraction of sp³-hybridized carbons (Fsp3) is 0.500. The van der Waals surface area contributed by atoms with Crippen LogP contribution in [0.5, 0.6) is 5.75 Å². The van der Waals surface area contributed by atoms with Gasteiger partial charge in [0.05, 0.1) is 25.9 Å². The Balaban J connectivity index is 3.27. The molecule has 114 valence electrons. The molecule has 1 rings (SSSR count). The predicted molar refractivity (Wildman–Crippen MR) is 74.9 cm³/mol. The van der Waals surface area contributed by atoms with Gasteiger partial charge in [-0.1, -0.05) is 6.92 Å². The van der Waals surface area contributed by atoms with Crippen LogP contribution in [0.2, 0.25) is 0 Å². The molecule has 0 aliphatic heterocycles. The predicted octanol–water partition coefficient (Wildman–Crippen LogP) is -0.311. The Labute approximate surface area is 118 Å². The number of ether oxygens (including phenoxy) is 1. The van der Waals surface area contributed by atoms with Crippen LogP contribution in [-0.2, 0) is 10.0 Å². The molecule has 5 N–H and O–H groups in total. The fourth-order valence-electron chi connectivity index (χ4n) is 1.65. The Morgan fingerprint density at radius 1 is 1.35 bits per heavy atom. The summed E-state index contributed by atoms with van der Waals surface area (Å²) in [6.45, 7) is 0.610. The van der Waals surface area contributed by atoms with Gasteiger partial charge in [-0.2, -0.15) is 0 Å². The molecule has 20 heavy (non-hydrogen) atoms. The molecule has 0 heterocycles. The van der Waals surface area contributed by atoms with Gasteiger partial charge in [-0.05, 0) is 24.6 Å². The summed E-state index contributed by atoms with van der Waals surface area (Å²) in [4.78, 5) is -0.139. The number of anilines is 1. The molecular formula is C12H20N2O5S. The Morgan fingerprint density at radius 3 is 2.40 bits per heavy atom. The van der Waals surface area contributed by atoms with Gasteiger partial charge in [0.25, 0.3) is 0 Å². The number of aliphatic hydroxyl groups is 2. The smallest absolute Gasteiger partial charge is 0.244 e. The number of aliphatic hydroxyl groups excluding tert-OH is 2. The average molecular weight is 304 g/mol. The van der Waals surface area contributed by atoms with Crippen molar-refractivity contribution in [1.82, 2.24) is 4.72 Å². The first-order valence-electron chi connectivity index (χ1n) is 6.03. The third-order valence-electron chi connectivity index (χ3n) is 3.11. The number of rotatable bonds is 7. The number of sulfonamides is 1. The first kappa shape index (κ1) is 16.7. The highest BCUT2D eigenvalue weighted by atomic mass is 32.2. The minimum Gasteiger partial charge on any atom is -0.495 e. The van der Waals surface area contributed by atoms with Crippen molar-refractivity contribution in [2.75, 3.05) is 26.1 Å². The number of nitrogens with two attached hydrogens (primary N) is 1. The quantitative estimate of drug-likeness (QED) is 0.513. The lowest BCUT2D eigenvalue weighted by Crippen LogP contribution is -2.53. The standard InChI is InChI=1S/C12H20N2O5S/c1-3-12(7-15,8-16)14-20(17,18)11-6-9(13)4-5-10(11)19-2/h4-6,14-16H,3,7-8,13H2,1-2H3. The number of methoxy groups -OCH3 is 1. The van der Waals surface area contributed by atoms with Gasteiger partial charge < -0.3 is 20.7 Å². The largest absolute Gasteiger partial charge is 0.495 e. The molecule has 0 radical (unpaired) electrons. The Kier molecular flexibility index (Phi) is 5.35. The Hall–Kier alpha value is -1.35. The van der Waals surface area contributed by atoms with Gasteiger partial charge in [0.1, 0.15) is 10.6 Å². The molecule has 0 aliphatic carbocycles. The van der Waals surface area contributed by atoms with Gasteiger partial charge in [0.2, 0.25) is 10.0 Å². The van der Waals surface area contributed by atoms with Gasteiger partial charge in [-0.3, -0.25) is 0 Å². The van der Waals surface area contributed by atoms with E-state index in [1.165, 1.54) is 25.3 Å². The topological polar surface area (TPSA) is 122 Å². The number of hydrogen-bond donors (Lipinski definition) is 4. The SMILES string of the molecule is CCC(CO)(CO)NS(=O)(=O)c1cc(N)ccc1OC. The molecule has 0 unspecified atom stereocenters. The van der Waals surface area contributed by atoms with Crippen LogP contribution in [0.4, 0.5) is 5.69 Å². The lowest BCUT2D eigenvalue weighted by Gasteiger charge is -2.29. The molecule has 1 aromatic carbocycles. The molecule has 8 heteroatoms. The molecule has 0 aromatic heterocycles. The summed E-state index contributed by atoms with van der Waals surface area (Å²) in [5.74, 6) is 0.132. The van der Waals surface area contributed by atoms with Crippen molar-refractivity contribution in [2.24, 2.45) is 0 Å². The van der Waals surface area contributed by atoms with E-state index in [-0.39, 0.29) is 22.8 Å². The lowest BCUT2D eigenvalue weighted by molar-refractivity contribution is 0.105. The van der Waals surface area contributed by atoms with Crippen LogP contribution in [0.25, 0.3) is 0 Å². The van der Waals surface area contributed by atoms with Crippen molar-refractivity contribution in [3.05, 3.63) is 18.2 Å².